The van der Waals surface area contributed by atoms with E-state index in [0.29, 0.717) is 13.0 Å². The standard InChI is InChI=1S/C15H20ClN3O5/c1-15(2,3)24-14(22)19-5-4-8(7-19)23-12-11(13(20)21)9(16)6-10(17)18-12/h6,8H,4-5,7H2,1-3H3,(H2,17,18)(H,20,21)/t8-/m0/s1. The first-order valence-corrected chi connectivity index (χ1v) is 7.78. The minimum atomic E-state index is -1.26. The molecule has 0 aliphatic carbocycles. The number of halogens is 1. The Labute approximate surface area is 144 Å². The molecule has 2 heterocycles. The van der Waals surface area contributed by atoms with E-state index < -0.39 is 23.8 Å². The van der Waals surface area contributed by atoms with Gasteiger partial charge in [0.15, 0.2) is 0 Å². The second kappa shape index (κ2) is 6.72. The highest BCUT2D eigenvalue weighted by atomic mass is 35.5. The van der Waals surface area contributed by atoms with Crippen molar-refractivity contribution in [1.82, 2.24) is 9.88 Å². The molecule has 1 aliphatic heterocycles. The molecule has 24 heavy (non-hydrogen) atoms. The van der Waals surface area contributed by atoms with Gasteiger partial charge in [0.05, 0.1) is 11.6 Å². The summed E-state index contributed by atoms with van der Waals surface area (Å²) in [5.74, 6) is -1.35. The molecule has 0 radical (unpaired) electrons. The number of rotatable bonds is 3. The molecule has 0 unspecified atom stereocenters. The quantitative estimate of drug-likeness (QED) is 0.853. The lowest BCUT2D eigenvalue weighted by atomic mass is 10.2. The van der Waals surface area contributed by atoms with E-state index >= 15 is 0 Å². The molecule has 1 fully saturated rings. The number of aromatic carboxylic acids is 1. The fourth-order valence-electron chi connectivity index (χ4n) is 2.26. The fourth-order valence-corrected chi connectivity index (χ4v) is 2.54. The third kappa shape index (κ3) is 4.41. The van der Waals surface area contributed by atoms with Gasteiger partial charge in [-0.1, -0.05) is 11.6 Å². The van der Waals surface area contributed by atoms with Crippen LogP contribution in [0.3, 0.4) is 0 Å². The summed E-state index contributed by atoms with van der Waals surface area (Å²) in [5, 5.41) is 9.20. The Morgan fingerprint density at radius 2 is 2.12 bits per heavy atom. The number of nitrogen functional groups attached to an aromatic ring is 1. The van der Waals surface area contributed by atoms with Gasteiger partial charge in [0.1, 0.15) is 23.1 Å². The first-order valence-electron chi connectivity index (χ1n) is 7.40. The molecule has 1 aliphatic rings. The lowest BCUT2D eigenvalue weighted by molar-refractivity contribution is 0.0273. The maximum Gasteiger partial charge on any atom is 0.410 e. The number of carbonyl (C=O) groups excluding carboxylic acids is 1. The lowest BCUT2D eigenvalue weighted by Crippen LogP contribution is -2.36. The van der Waals surface area contributed by atoms with Crippen molar-refractivity contribution < 1.29 is 24.2 Å². The predicted molar refractivity (Wildman–Crippen MR) is 87.5 cm³/mol. The maximum absolute atomic E-state index is 12.0. The Morgan fingerprint density at radius 3 is 2.71 bits per heavy atom. The van der Waals surface area contributed by atoms with Gasteiger partial charge < -0.3 is 25.2 Å². The van der Waals surface area contributed by atoms with Crippen molar-refractivity contribution in [1.29, 1.82) is 0 Å². The number of carboxylic acids is 1. The van der Waals surface area contributed by atoms with E-state index in [1.807, 2.05) is 0 Å². The van der Waals surface area contributed by atoms with Crippen LogP contribution in [0.5, 0.6) is 5.88 Å². The molecular weight excluding hydrogens is 338 g/mol. The van der Waals surface area contributed by atoms with E-state index in [4.69, 9.17) is 26.8 Å². The van der Waals surface area contributed by atoms with E-state index in [1.54, 1.807) is 20.8 Å². The number of nitrogens with zero attached hydrogens (tertiary/aromatic N) is 2. The summed E-state index contributed by atoms with van der Waals surface area (Å²) in [5.41, 5.74) is 4.76. The molecule has 1 atom stereocenters. The Hall–Kier alpha value is -2.22. The Balaban J connectivity index is 2.09. The summed E-state index contributed by atoms with van der Waals surface area (Å²) >= 11 is 5.90. The third-order valence-electron chi connectivity index (χ3n) is 3.25. The monoisotopic (exact) mass is 357 g/mol. The normalized spacial score (nSPS) is 17.7. The van der Waals surface area contributed by atoms with Crippen molar-refractivity contribution in [2.75, 3.05) is 18.8 Å². The molecular formula is C15H20ClN3O5. The number of hydrogen-bond donors (Lipinski definition) is 2. The number of likely N-dealkylation sites (tertiary alicyclic amines) is 1. The number of ether oxygens (including phenoxy) is 2. The van der Waals surface area contributed by atoms with Gasteiger partial charge in [-0.05, 0) is 20.8 Å². The van der Waals surface area contributed by atoms with E-state index in [-0.39, 0.29) is 28.8 Å². The third-order valence-corrected chi connectivity index (χ3v) is 3.54. The molecule has 1 amide bonds. The zero-order valence-corrected chi connectivity index (χ0v) is 14.5. The molecule has 0 bridgehead atoms. The minimum absolute atomic E-state index is 0.0491. The van der Waals surface area contributed by atoms with Gasteiger partial charge in [-0.2, -0.15) is 4.98 Å². The average Bonchev–Trinajstić information content (AvgIpc) is 2.83. The minimum Gasteiger partial charge on any atom is -0.477 e. The summed E-state index contributed by atoms with van der Waals surface area (Å²) in [6.07, 6.45) is -0.335. The lowest BCUT2D eigenvalue weighted by Gasteiger charge is -2.24. The highest BCUT2D eigenvalue weighted by molar-refractivity contribution is 6.34. The van der Waals surface area contributed by atoms with Crippen LogP contribution in [0.2, 0.25) is 5.02 Å². The summed E-state index contributed by atoms with van der Waals surface area (Å²) in [4.78, 5) is 28.8. The summed E-state index contributed by atoms with van der Waals surface area (Å²) < 4.78 is 10.9. The number of carbonyl (C=O) groups is 2. The first-order chi connectivity index (χ1) is 11.1. The number of pyridine rings is 1. The van der Waals surface area contributed by atoms with Crippen LogP contribution in [0, 0.1) is 0 Å². The van der Waals surface area contributed by atoms with Gasteiger partial charge in [0.2, 0.25) is 5.88 Å². The van der Waals surface area contributed by atoms with Crippen LogP contribution >= 0.6 is 11.6 Å². The van der Waals surface area contributed by atoms with Crippen LogP contribution < -0.4 is 10.5 Å². The van der Waals surface area contributed by atoms with Crippen LogP contribution in [0.4, 0.5) is 10.6 Å². The topological polar surface area (TPSA) is 115 Å². The molecule has 0 spiro atoms. The highest BCUT2D eigenvalue weighted by Gasteiger charge is 2.32. The van der Waals surface area contributed by atoms with Gasteiger partial charge in [0.25, 0.3) is 0 Å². The average molecular weight is 358 g/mol. The molecule has 0 saturated carbocycles. The Morgan fingerprint density at radius 1 is 1.46 bits per heavy atom. The maximum atomic E-state index is 12.0. The molecule has 9 heteroatoms. The molecule has 2 rings (SSSR count). The van der Waals surface area contributed by atoms with Gasteiger partial charge in [0, 0.05) is 19.0 Å². The first kappa shape index (κ1) is 18.1. The fraction of sp³-hybridized carbons (Fsp3) is 0.533. The predicted octanol–water partition coefficient (Wildman–Crippen LogP) is 2.40. The molecule has 8 nitrogen and oxygen atoms in total. The zero-order valence-electron chi connectivity index (χ0n) is 13.7. The number of anilines is 1. The van der Waals surface area contributed by atoms with Crippen LogP contribution in [-0.4, -0.2) is 51.8 Å². The van der Waals surface area contributed by atoms with Crippen molar-refractivity contribution >= 4 is 29.5 Å². The number of hydrogen-bond acceptors (Lipinski definition) is 6. The molecule has 0 aromatic carbocycles. The number of aromatic nitrogens is 1. The van der Waals surface area contributed by atoms with Crippen LogP contribution in [0.25, 0.3) is 0 Å². The molecule has 1 saturated heterocycles. The number of amides is 1. The molecule has 3 N–H and O–H groups in total. The van der Waals surface area contributed by atoms with Crippen molar-refractivity contribution in [3.63, 3.8) is 0 Å². The Kier molecular flexibility index (Phi) is 5.08. The summed E-state index contributed by atoms with van der Waals surface area (Å²) in [6, 6.07) is 1.25. The molecule has 132 valence electrons. The van der Waals surface area contributed by atoms with Crippen molar-refractivity contribution in [3.8, 4) is 5.88 Å². The van der Waals surface area contributed by atoms with E-state index in [0.717, 1.165) is 0 Å². The van der Waals surface area contributed by atoms with Crippen LogP contribution in [0.1, 0.15) is 37.6 Å². The smallest absolute Gasteiger partial charge is 0.410 e. The number of carboxylic acid groups (broad SMARTS) is 1. The summed E-state index contributed by atoms with van der Waals surface area (Å²) in [6.45, 7) is 6.06. The SMILES string of the molecule is CC(C)(C)OC(=O)N1CC[C@H](Oc2nc(N)cc(Cl)c2C(=O)O)C1. The molecule has 1 aromatic rings. The zero-order chi connectivity index (χ0) is 18.1. The van der Waals surface area contributed by atoms with Crippen molar-refractivity contribution in [3.05, 3.63) is 16.7 Å². The van der Waals surface area contributed by atoms with Crippen molar-refractivity contribution in [2.24, 2.45) is 0 Å². The largest absolute Gasteiger partial charge is 0.477 e. The van der Waals surface area contributed by atoms with Gasteiger partial charge >= 0.3 is 12.1 Å². The van der Waals surface area contributed by atoms with Gasteiger partial charge in [-0.15, -0.1) is 0 Å². The summed E-state index contributed by atoms with van der Waals surface area (Å²) in [7, 11) is 0. The van der Waals surface area contributed by atoms with Gasteiger partial charge in [-0.25, -0.2) is 9.59 Å². The van der Waals surface area contributed by atoms with E-state index in [2.05, 4.69) is 4.98 Å². The molecule has 1 aromatic heterocycles. The second-order valence-electron chi connectivity index (χ2n) is 6.47. The number of nitrogens with two attached hydrogens (primary N) is 1. The van der Waals surface area contributed by atoms with Crippen LogP contribution in [-0.2, 0) is 4.74 Å². The van der Waals surface area contributed by atoms with E-state index in [1.165, 1.54) is 11.0 Å². The van der Waals surface area contributed by atoms with Crippen molar-refractivity contribution in [2.45, 2.75) is 38.9 Å². The van der Waals surface area contributed by atoms with Gasteiger partial charge in [-0.3, -0.25) is 0 Å². The van der Waals surface area contributed by atoms with E-state index in [9.17, 15) is 14.7 Å². The second-order valence-corrected chi connectivity index (χ2v) is 6.88. The van der Waals surface area contributed by atoms with Crippen LogP contribution in [0.15, 0.2) is 6.07 Å². The highest BCUT2D eigenvalue weighted by Crippen LogP contribution is 2.29. The Bertz CT molecular complexity index is 659.